The summed E-state index contributed by atoms with van der Waals surface area (Å²) in [5, 5.41) is 14.0. The van der Waals surface area contributed by atoms with Crippen molar-refractivity contribution < 1.29 is 9.66 Å². The minimum absolute atomic E-state index is 0.0580. The molecule has 1 aromatic heterocycles. The van der Waals surface area contributed by atoms with E-state index in [4.69, 9.17) is 4.74 Å². The number of pyridine rings is 1. The quantitative estimate of drug-likeness (QED) is 0.634. The number of rotatable bonds is 3. The van der Waals surface area contributed by atoms with E-state index in [1.807, 2.05) is 0 Å². The van der Waals surface area contributed by atoms with E-state index >= 15 is 0 Å². The van der Waals surface area contributed by atoms with E-state index < -0.39 is 4.92 Å². The number of nitrogens with one attached hydrogen (secondary N) is 1. The number of hydrogen-bond acceptors (Lipinski definition) is 5. The largest absolute Gasteiger partial charge is 0.468 e. The standard InChI is InChI=1S/C11H15N3O3/c1-8-4-6-12-7-10(8)17-11-9(14(15)16)3-2-5-13-11/h2-3,5,8,10,12H,4,6-7H2,1H3. The van der Waals surface area contributed by atoms with Crippen LogP contribution in [0.1, 0.15) is 13.3 Å². The Labute approximate surface area is 99.2 Å². The summed E-state index contributed by atoms with van der Waals surface area (Å²) in [4.78, 5) is 14.3. The predicted molar refractivity (Wildman–Crippen MR) is 62.0 cm³/mol. The molecule has 0 radical (unpaired) electrons. The average molecular weight is 237 g/mol. The van der Waals surface area contributed by atoms with E-state index in [1.54, 1.807) is 0 Å². The van der Waals surface area contributed by atoms with E-state index in [9.17, 15) is 10.1 Å². The fourth-order valence-electron chi connectivity index (χ4n) is 1.87. The lowest BCUT2D eigenvalue weighted by molar-refractivity contribution is -0.386. The summed E-state index contributed by atoms with van der Waals surface area (Å²) in [6, 6.07) is 2.94. The zero-order chi connectivity index (χ0) is 12.3. The second kappa shape index (κ2) is 5.09. The first kappa shape index (κ1) is 11.8. The molecule has 2 rings (SSSR count). The van der Waals surface area contributed by atoms with E-state index in [0.29, 0.717) is 12.5 Å². The van der Waals surface area contributed by atoms with Gasteiger partial charge in [-0.1, -0.05) is 6.92 Å². The topological polar surface area (TPSA) is 77.3 Å². The Bertz CT molecular complexity index is 411. The van der Waals surface area contributed by atoms with Gasteiger partial charge in [0.25, 0.3) is 5.88 Å². The van der Waals surface area contributed by atoms with Crippen LogP contribution in [-0.2, 0) is 0 Å². The molecule has 0 aliphatic carbocycles. The zero-order valence-corrected chi connectivity index (χ0v) is 9.63. The number of nitrogens with zero attached hydrogens (tertiary/aromatic N) is 2. The van der Waals surface area contributed by atoms with Gasteiger partial charge in [-0.2, -0.15) is 0 Å². The average Bonchev–Trinajstić information content (AvgIpc) is 2.32. The van der Waals surface area contributed by atoms with Crippen molar-refractivity contribution in [1.29, 1.82) is 0 Å². The van der Waals surface area contributed by atoms with Gasteiger partial charge in [0, 0.05) is 18.8 Å². The van der Waals surface area contributed by atoms with Gasteiger partial charge in [0.15, 0.2) is 0 Å². The number of nitro groups is 1. The van der Waals surface area contributed by atoms with E-state index in [0.717, 1.165) is 13.0 Å². The van der Waals surface area contributed by atoms with Gasteiger partial charge in [-0.05, 0) is 24.9 Å². The SMILES string of the molecule is CC1CCNCC1Oc1ncccc1[N+](=O)[O-]. The summed E-state index contributed by atoms with van der Waals surface area (Å²) < 4.78 is 5.64. The Morgan fingerprint density at radius 3 is 3.18 bits per heavy atom. The highest BCUT2D eigenvalue weighted by molar-refractivity contribution is 5.39. The molecule has 0 spiro atoms. The van der Waals surface area contributed by atoms with Crippen molar-refractivity contribution in [2.45, 2.75) is 19.4 Å². The summed E-state index contributed by atoms with van der Waals surface area (Å²) in [5.74, 6) is 0.482. The minimum Gasteiger partial charge on any atom is -0.468 e. The molecule has 0 bridgehead atoms. The summed E-state index contributed by atoms with van der Waals surface area (Å²) >= 11 is 0. The number of ether oxygens (including phenoxy) is 1. The second-order valence-corrected chi connectivity index (χ2v) is 4.21. The van der Waals surface area contributed by atoms with E-state index in [1.165, 1.54) is 18.3 Å². The Morgan fingerprint density at radius 2 is 2.47 bits per heavy atom. The maximum absolute atomic E-state index is 10.8. The number of piperidine rings is 1. The molecule has 1 N–H and O–H groups in total. The van der Waals surface area contributed by atoms with Crippen LogP contribution >= 0.6 is 0 Å². The van der Waals surface area contributed by atoms with Gasteiger partial charge >= 0.3 is 5.69 Å². The molecule has 0 aromatic carbocycles. The van der Waals surface area contributed by atoms with Crippen molar-refractivity contribution in [1.82, 2.24) is 10.3 Å². The van der Waals surface area contributed by atoms with Gasteiger partial charge in [-0.25, -0.2) is 4.98 Å². The minimum atomic E-state index is -0.469. The molecule has 0 saturated carbocycles. The van der Waals surface area contributed by atoms with Crippen molar-refractivity contribution in [2.24, 2.45) is 5.92 Å². The van der Waals surface area contributed by atoms with Crippen LogP contribution in [0.25, 0.3) is 0 Å². The molecule has 1 saturated heterocycles. The first-order valence-electron chi connectivity index (χ1n) is 5.65. The third kappa shape index (κ3) is 2.71. The molecular formula is C11H15N3O3. The molecule has 1 aromatic rings. The molecule has 1 aliphatic rings. The highest BCUT2D eigenvalue weighted by Gasteiger charge is 2.26. The maximum Gasteiger partial charge on any atom is 0.330 e. The highest BCUT2D eigenvalue weighted by Crippen LogP contribution is 2.26. The summed E-state index contributed by atoms with van der Waals surface area (Å²) in [6.07, 6.45) is 2.45. The maximum atomic E-state index is 10.8. The first-order chi connectivity index (χ1) is 8.18. The zero-order valence-electron chi connectivity index (χ0n) is 9.63. The lowest BCUT2D eigenvalue weighted by Gasteiger charge is -2.29. The first-order valence-corrected chi connectivity index (χ1v) is 5.65. The summed E-state index contributed by atoms with van der Waals surface area (Å²) in [5.41, 5.74) is -0.0785. The van der Waals surface area contributed by atoms with Crippen LogP contribution in [0.4, 0.5) is 5.69 Å². The van der Waals surface area contributed by atoms with Crippen molar-refractivity contribution in [3.63, 3.8) is 0 Å². The van der Waals surface area contributed by atoms with Crippen LogP contribution in [0.2, 0.25) is 0 Å². The summed E-state index contributed by atoms with van der Waals surface area (Å²) in [6.45, 7) is 3.75. The molecule has 2 atom stereocenters. The molecule has 2 heterocycles. The fraction of sp³-hybridized carbons (Fsp3) is 0.545. The van der Waals surface area contributed by atoms with Crippen LogP contribution < -0.4 is 10.1 Å². The second-order valence-electron chi connectivity index (χ2n) is 4.21. The smallest absolute Gasteiger partial charge is 0.330 e. The van der Waals surface area contributed by atoms with Crippen molar-refractivity contribution in [3.8, 4) is 5.88 Å². The summed E-state index contributed by atoms with van der Waals surface area (Å²) in [7, 11) is 0. The molecule has 0 amide bonds. The van der Waals surface area contributed by atoms with Crippen molar-refractivity contribution in [3.05, 3.63) is 28.4 Å². The Balaban J connectivity index is 2.14. The molecule has 1 aliphatic heterocycles. The Hall–Kier alpha value is -1.69. The van der Waals surface area contributed by atoms with Crippen LogP contribution in [0.5, 0.6) is 5.88 Å². The predicted octanol–water partition coefficient (Wildman–Crippen LogP) is 1.37. The van der Waals surface area contributed by atoms with Crippen LogP contribution in [-0.4, -0.2) is 29.1 Å². The molecule has 92 valence electrons. The van der Waals surface area contributed by atoms with E-state index in [2.05, 4.69) is 17.2 Å². The Morgan fingerprint density at radius 1 is 1.65 bits per heavy atom. The third-order valence-electron chi connectivity index (χ3n) is 2.97. The molecule has 6 nitrogen and oxygen atoms in total. The van der Waals surface area contributed by atoms with E-state index in [-0.39, 0.29) is 17.7 Å². The van der Waals surface area contributed by atoms with Crippen molar-refractivity contribution in [2.75, 3.05) is 13.1 Å². The normalized spacial score (nSPS) is 24.3. The molecular weight excluding hydrogens is 222 g/mol. The molecule has 6 heteroatoms. The van der Waals surface area contributed by atoms with Gasteiger partial charge in [0.05, 0.1) is 4.92 Å². The van der Waals surface area contributed by atoms with Gasteiger partial charge < -0.3 is 10.1 Å². The third-order valence-corrected chi connectivity index (χ3v) is 2.97. The fourth-order valence-corrected chi connectivity index (χ4v) is 1.87. The van der Waals surface area contributed by atoms with Crippen LogP contribution in [0.3, 0.4) is 0 Å². The lowest BCUT2D eigenvalue weighted by Crippen LogP contribution is -2.43. The highest BCUT2D eigenvalue weighted by atomic mass is 16.6. The van der Waals surface area contributed by atoms with Crippen molar-refractivity contribution >= 4 is 5.69 Å². The van der Waals surface area contributed by atoms with Crippen LogP contribution in [0, 0.1) is 16.0 Å². The molecule has 1 fully saturated rings. The van der Waals surface area contributed by atoms with Gasteiger partial charge in [-0.15, -0.1) is 0 Å². The molecule has 2 unspecified atom stereocenters. The number of hydrogen-bond donors (Lipinski definition) is 1. The molecule has 17 heavy (non-hydrogen) atoms. The Kier molecular flexibility index (Phi) is 3.53. The van der Waals surface area contributed by atoms with Gasteiger partial charge in [0.2, 0.25) is 0 Å². The van der Waals surface area contributed by atoms with Gasteiger partial charge in [0.1, 0.15) is 6.10 Å². The lowest BCUT2D eigenvalue weighted by atomic mass is 9.97. The van der Waals surface area contributed by atoms with Crippen LogP contribution in [0.15, 0.2) is 18.3 Å². The number of aromatic nitrogens is 1. The van der Waals surface area contributed by atoms with Gasteiger partial charge in [-0.3, -0.25) is 10.1 Å². The monoisotopic (exact) mass is 237 g/mol.